The highest BCUT2D eigenvalue weighted by Gasteiger charge is 2.23. The molecule has 1 N–H and O–H groups in total. The van der Waals surface area contributed by atoms with Gasteiger partial charge in [-0.1, -0.05) is 66.7 Å². The van der Waals surface area contributed by atoms with E-state index >= 15 is 0 Å². The number of rotatable bonds is 6. The van der Waals surface area contributed by atoms with E-state index < -0.39 is 10.0 Å². The van der Waals surface area contributed by atoms with Gasteiger partial charge in [0.15, 0.2) is 0 Å². The zero-order chi connectivity index (χ0) is 16.8. The van der Waals surface area contributed by atoms with Crippen molar-refractivity contribution in [2.24, 2.45) is 0 Å². The largest absolute Gasteiger partial charge is 0.284 e. The molecule has 24 heavy (non-hydrogen) atoms. The Bertz CT molecular complexity index is 867. The van der Waals surface area contributed by atoms with E-state index in [2.05, 4.69) is 5.43 Å². The van der Waals surface area contributed by atoms with Crippen LogP contribution in [0.5, 0.6) is 0 Å². The monoisotopic (exact) mass is 338 g/mol. The van der Waals surface area contributed by atoms with E-state index in [1.807, 2.05) is 78.9 Å². The lowest BCUT2D eigenvalue weighted by Crippen LogP contribution is -2.37. The lowest BCUT2D eigenvalue weighted by Gasteiger charge is -2.26. The van der Waals surface area contributed by atoms with Gasteiger partial charge >= 0.3 is 0 Å². The molecule has 0 heterocycles. The lowest BCUT2D eigenvalue weighted by atomic mass is 10.2. The molecule has 122 valence electrons. The molecule has 3 aromatic carbocycles. The number of nitrogens with one attached hydrogen (secondary N) is 1. The van der Waals surface area contributed by atoms with Crippen molar-refractivity contribution in [2.45, 2.75) is 5.75 Å². The first-order valence-corrected chi connectivity index (χ1v) is 9.20. The SMILES string of the molecule is O=S(=O)(Cc1ccccc1)N(Nc1ccccc1)c1ccccc1. The zero-order valence-corrected chi connectivity index (χ0v) is 13.9. The van der Waals surface area contributed by atoms with E-state index in [1.54, 1.807) is 12.1 Å². The maximum atomic E-state index is 13.0. The van der Waals surface area contributed by atoms with Crippen LogP contribution in [0.1, 0.15) is 5.56 Å². The fourth-order valence-electron chi connectivity index (χ4n) is 2.34. The first-order chi connectivity index (χ1) is 11.6. The lowest BCUT2D eigenvalue weighted by molar-refractivity contribution is 0.593. The Morgan fingerprint density at radius 1 is 0.708 bits per heavy atom. The molecule has 3 aromatic rings. The molecule has 0 aliphatic heterocycles. The van der Waals surface area contributed by atoms with Crippen LogP contribution in [0.4, 0.5) is 11.4 Å². The van der Waals surface area contributed by atoms with Gasteiger partial charge < -0.3 is 0 Å². The van der Waals surface area contributed by atoms with E-state index in [1.165, 1.54) is 4.41 Å². The van der Waals surface area contributed by atoms with Gasteiger partial charge in [-0.05, 0) is 29.8 Å². The van der Waals surface area contributed by atoms with Crippen molar-refractivity contribution >= 4 is 21.4 Å². The van der Waals surface area contributed by atoms with Crippen molar-refractivity contribution in [3.8, 4) is 0 Å². The molecule has 0 spiro atoms. The predicted molar refractivity (Wildman–Crippen MR) is 98.1 cm³/mol. The van der Waals surface area contributed by atoms with Gasteiger partial charge in [-0.15, -0.1) is 0 Å². The van der Waals surface area contributed by atoms with Crippen molar-refractivity contribution in [1.29, 1.82) is 0 Å². The van der Waals surface area contributed by atoms with Gasteiger partial charge in [0.05, 0.1) is 17.1 Å². The van der Waals surface area contributed by atoms with Crippen molar-refractivity contribution in [3.63, 3.8) is 0 Å². The summed E-state index contributed by atoms with van der Waals surface area (Å²) in [7, 11) is -3.60. The van der Waals surface area contributed by atoms with Crippen LogP contribution in [0.2, 0.25) is 0 Å². The molecule has 0 aliphatic carbocycles. The average molecular weight is 338 g/mol. The van der Waals surface area contributed by atoms with Gasteiger partial charge in [0, 0.05) is 0 Å². The number of anilines is 2. The van der Waals surface area contributed by atoms with E-state index in [0.29, 0.717) is 11.4 Å². The minimum atomic E-state index is -3.60. The molecule has 0 fully saturated rings. The maximum Gasteiger partial charge on any atom is 0.256 e. The number of hydrazine groups is 1. The molecule has 0 unspecified atom stereocenters. The summed E-state index contributed by atoms with van der Waals surface area (Å²) in [6.07, 6.45) is 0. The summed E-state index contributed by atoms with van der Waals surface area (Å²) in [5.74, 6) is -0.0808. The molecule has 0 aliphatic rings. The number of hydrogen-bond acceptors (Lipinski definition) is 3. The molecule has 0 atom stereocenters. The fourth-order valence-corrected chi connectivity index (χ4v) is 3.77. The van der Waals surface area contributed by atoms with Crippen LogP contribution >= 0.6 is 0 Å². The van der Waals surface area contributed by atoms with Crippen LogP contribution in [0.15, 0.2) is 91.0 Å². The van der Waals surface area contributed by atoms with Crippen LogP contribution in [-0.2, 0) is 15.8 Å². The smallest absolute Gasteiger partial charge is 0.256 e. The summed E-state index contributed by atoms with van der Waals surface area (Å²) in [6.45, 7) is 0. The topological polar surface area (TPSA) is 49.4 Å². The predicted octanol–water partition coefficient (Wildman–Crippen LogP) is 4.05. The molecule has 0 radical (unpaired) electrons. The van der Waals surface area contributed by atoms with E-state index in [0.717, 1.165) is 5.56 Å². The second kappa shape index (κ2) is 7.19. The summed E-state index contributed by atoms with van der Waals surface area (Å²) in [6, 6.07) is 27.4. The summed E-state index contributed by atoms with van der Waals surface area (Å²) >= 11 is 0. The number of para-hydroxylation sites is 2. The normalized spacial score (nSPS) is 11.0. The fraction of sp³-hybridized carbons (Fsp3) is 0.0526. The van der Waals surface area contributed by atoms with E-state index in [9.17, 15) is 8.42 Å². The summed E-state index contributed by atoms with van der Waals surface area (Å²) in [4.78, 5) is 0. The summed E-state index contributed by atoms with van der Waals surface area (Å²) in [5, 5.41) is 0. The average Bonchev–Trinajstić information content (AvgIpc) is 2.62. The van der Waals surface area contributed by atoms with Gasteiger partial charge in [-0.3, -0.25) is 5.43 Å². The first kappa shape index (κ1) is 16.1. The second-order valence-corrected chi connectivity index (χ2v) is 7.14. The Kier molecular flexibility index (Phi) is 4.82. The van der Waals surface area contributed by atoms with Crippen LogP contribution in [-0.4, -0.2) is 8.42 Å². The highest BCUT2D eigenvalue weighted by atomic mass is 32.2. The van der Waals surface area contributed by atoms with Crippen LogP contribution in [0.3, 0.4) is 0 Å². The van der Waals surface area contributed by atoms with Crippen molar-refractivity contribution in [2.75, 3.05) is 9.84 Å². The molecule has 0 saturated heterocycles. The van der Waals surface area contributed by atoms with E-state index in [-0.39, 0.29) is 5.75 Å². The third-order valence-electron chi connectivity index (χ3n) is 3.47. The van der Waals surface area contributed by atoms with Crippen LogP contribution in [0.25, 0.3) is 0 Å². The highest BCUT2D eigenvalue weighted by molar-refractivity contribution is 7.92. The van der Waals surface area contributed by atoms with Crippen molar-refractivity contribution in [3.05, 3.63) is 96.6 Å². The molecule has 0 bridgehead atoms. The molecule has 4 nitrogen and oxygen atoms in total. The first-order valence-electron chi connectivity index (χ1n) is 7.59. The Morgan fingerprint density at radius 2 is 1.21 bits per heavy atom. The minimum absolute atomic E-state index is 0.0808. The van der Waals surface area contributed by atoms with E-state index in [4.69, 9.17) is 0 Å². The number of nitrogens with zero attached hydrogens (tertiary/aromatic N) is 1. The number of sulfonamides is 1. The Labute approximate surface area is 142 Å². The van der Waals surface area contributed by atoms with Gasteiger partial charge in [-0.2, -0.15) is 4.41 Å². The zero-order valence-electron chi connectivity index (χ0n) is 13.0. The number of benzene rings is 3. The third-order valence-corrected chi connectivity index (χ3v) is 5.02. The molecular weight excluding hydrogens is 320 g/mol. The third kappa shape index (κ3) is 3.94. The van der Waals surface area contributed by atoms with Crippen molar-refractivity contribution in [1.82, 2.24) is 0 Å². The quantitative estimate of drug-likeness (QED) is 0.690. The van der Waals surface area contributed by atoms with Gasteiger partial charge in [0.1, 0.15) is 0 Å². The Hall–Kier alpha value is -2.79. The van der Waals surface area contributed by atoms with Gasteiger partial charge in [0.25, 0.3) is 10.0 Å². The molecule has 3 rings (SSSR count). The molecule has 0 amide bonds. The molecular formula is C19H18N2O2S. The molecule has 0 saturated carbocycles. The van der Waals surface area contributed by atoms with Crippen molar-refractivity contribution < 1.29 is 8.42 Å². The summed E-state index contributed by atoms with van der Waals surface area (Å²) in [5.41, 5.74) is 5.02. The molecule has 5 heteroatoms. The van der Waals surface area contributed by atoms with Gasteiger partial charge in [-0.25, -0.2) is 8.42 Å². The Balaban J connectivity index is 1.94. The summed E-state index contributed by atoms with van der Waals surface area (Å²) < 4.78 is 27.2. The van der Waals surface area contributed by atoms with Gasteiger partial charge in [0.2, 0.25) is 0 Å². The second-order valence-electron chi connectivity index (χ2n) is 5.32. The minimum Gasteiger partial charge on any atom is -0.284 e. The maximum absolute atomic E-state index is 13.0. The standard InChI is InChI=1S/C19H18N2O2S/c22-24(23,16-17-10-4-1-5-11-17)21(19-14-8-3-9-15-19)20-18-12-6-2-7-13-18/h1-15,20H,16H2. The number of hydrogen-bond donors (Lipinski definition) is 1. The van der Waals surface area contributed by atoms with Crippen LogP contribution in [0, 0.1) is 0 Å². The Morgan fingerprint density at radius 3 is 1.79 bits per heavy atom. The highest BCUT2D eigenvalue weighted by Crippen LogP contribution is 2.22. The molecule has 0 aromatic heterocycles. The van der Waals surface area contributed by atoms with Crippen LogP contribution < -0.4 is 9.84 Å².